The zero-order chi connectivity index (χ0) is 32.4. The number of allylic oxidation sites excluding steroid dienone is 4. The second-order valence-corrected chi connectivity index (χ2v) is 10.4. The zero-order valence-corrected chi connectivity index (χ0v) is 26.2. The predicted octanol–water partition coefficient (Wildman–Crippen LogP) is 6.57. The van der Waals surface area contributed by atoms with Gasteiger partial charge < -0.3 is 28.4 Å². The number of rotatable bonds is 20. The summed E-state index contributed by atoms with van der Waals surface area (Å²) in [6.45, 7) is 7.82. The van der Waals surface area contributed by atoms with Gasteiger partial charge in [-0.05, 0) is 66.6 Å². The van der Waals surface area contributed by atoms with E-state index in [9.17, 15) is 14.0 Å². The van der Waals surface area contributed by atoms with Crippen LogP contribution in [-0.2, 0) is 28.5 Å². The van der Waals surface area contributed by atoms with E-state index in [0.717, 1.165) is 36.0 Å². The SMILES string of the molecule is C=C(COC)C(=O)OCCOc1ccc(C2=CCC(c3ccc(OCCOC(=O)C(=C)COC)cc3)C(CCCCF)=C2)cc1. The number of ether oxygens (including phenoxy) is 6. The Hall–Kier alpha value is -4.21. The van der Waals surface area contributed by atoms with Crippen LogP contribution in [0.25, 0.3) is 5.57 Å². The first-order valence-corrected chi connectivity index (χ1v) is 15.0. The summed E-state index contributed by atoms with van der Waals surface area (Å²) in [7, 11) is 2.98. The first-order valence-electron chi connectivity index (χ1n) is 15.0. The van der Waals surface area contributed by atoms with Gasteiger partial charge in [0.05, 0.1) is 31.0 Å². The molecule has 0 spiro atoms. The van der Waals surface area contributed by atoms with E-state index < -0.39 is 11.9 Å². The van der Waals surface area contributed by atoms with E-state index in [1.165, 1.54) is 19.8 Å². The molecule has 1 aliphatic carbocycles. The van der Waals surface area contributed by atoms with Crippen molar-refractivity contribution in [3.8, 4) is 11.5 Å². The number of carbonyl (C=O) groups excluding carboxylic acids is 2. The van der Waals surface area contributed by atoms with Gasteiger partial charge >= 0.3 is 11.9 Å². The maximum Gasteiger partial charge on any atom is 0.335 e. The number of hydrogen-bond donors (Lipinski definition) is 0. The Morgan fingerprint density at radius 1 is 0.778 bits per heavy atom. The number of unbranched alkanes of at least 4 members (excludes halogenated alkanes) is 1. The number of hydrogen-bond acceptors (Lipinski definition) is 8. The monoisotopic (exact) mass is 622 g/mol. The van der Waals surface area contributed by atoms with Crippen LogP contribution >= 0.6 is 0 Å². The summed E-state index contributed by atoms with van der Waals surface area (Å²) in [6.07, 6.45) is 7.36. The first kappa shape index (κ1) is 35.3. The molecule has 8 nitrogen and oxygen atoms in total. The molecule has 0 aliphatic heterocycles. The molecule has 45 heavy (non-hydrogen) atoms. The fourth-order valence-corrected chi connectivity index (χ4v) is 4.77. The van der Waals surface area contributed by atoms with Crippen molar-refractivity contribution in [1.29, 1.82) is 0 Å². The molecule has 1 unspecified atom stereocenters. The molecule has 2 aromatic rings. The lowest BCUT2D eigenvalue weighted by Crippen LogP contribution is -2.15. The Bertz CT molecular complexity index is 1330. The number of alkyl halides is 1. The topological polar surface area (TPSA) is 89.5 Å². The Labute approximate surface area is 265 Å². The maximum absolute atomic E-state index is 12.9. The molecule has 0 N–H and O–H groups in total. The fourth-order valence-electron chi connectivity index (χ4n) is 4.77. The van der Waals surface area contributed by atoms with E-state index in [1.54, 1.807) is 0 Å². The molecule has 0 bridgehead atoms. The molecule has 0 saturated carbocycles. The standard InChI is InChI=1S/C36H43FO8/c1-26(24-40-3)35(38)44-21-19-42-32-13-8-28(9-14-32)30-12-17-34(31(23-30)7-5-6-18-37)29-10-15-33(16-11-29)43-20-22-45-36(39)27(2)25-41-4/h8-16,23,34H,1-2,5-7,17-22,24-25H2,3-4H3. The van der Waals surface area contributed by atoms with E-state index in [4.69, 9.17) is 28.4 Å². The maximum atomic E-state index is 12.9. The lowest BCUT2D eigenvalue weighted by atomic mass is 9.80. The van der Waals surface area contributed by atoms with Crippen LogP contribution in [-0.4, -0.2) is 72.5 Å². The lowest BCUT2D eigenvalue weighted by Gasteiger charge is -2.25. The summed E-state index contributed by atoms with van der Waals surface area (Å²) < 4.78 is 44.4. The van der Waals surface area contributed by atoms with E-state index in [0.29, 0.717) is 17.9 Å². The molecule has 1 aliphatic rings. The van der Waals surface area contributed by atoms with Crippen LogP contribution in [0.2, 0.25) is 0 Å². The number of methoxy groups -OCH3 is 2. The van der Waals surface area contributed by atoms with Gasteiger partial charge in [-0.3, -0.25) is 4.39 Å². The molecular formula is C36H43FO8. The highest BCUT2D eigenvalue weighted by atomic mass is 19.1. The van der Waals surface area contributed by atoms with Crippen molar-refractivity contribution in [3.63, 3.8) is 0 Å². The van der Waals surface area contributed by atoms with E-state index in [2.05, 4.69) is 25.3 Å². The summed E-state index contributed by atoms with van der Waals surface area (Å²) in [5.41, 5.74) is 5.09. The molecule has 0 radical (unpaired) electrons. The average Bonchev–Trinajstić information content (AvgIpc) is 3.06. The van der Waals surface area contributed by atoms with Crippen LogP contribution < -0.4 is 9.47 Å². The molecular weight excluding hydrogens is 579 g/mol. The van der Waals surface area contributed by atoms with Crippen molar-refractivity contribution >= 4 is 17.5 Å². The minimum absolute atomic E-state index is 0.106. The normalized spacial score (nSPS) is 14.2. The second kappa shape index (κ2) is 19.2. The molecule has 242 valence electrons. The third-order valence-corrected chi connectivity index (χ3v) is 7.07. The third-order valence-electron chi connectivity index (χ3n) is 7.07. The molecule has 0 amide bonds. The van der Waals surface area contributed by atoms with E-state index >= 15 is 0 Å². The Balaban J connectivity index is 1.56. The molecule has 0 fully saturated rings. The molecule has 1 atom stereocenters. The third kappa shape index (κ3) is 11.7. The van der Waals surface area contributed by atoms with Crippen LogP contribution in [0.15, 0.2) is 90.6 Å². The number of halogens is 1. The highest BCUT2D eigenvalue weighted by Gasteiger charge is 2.21. The van der Waals surface area contributed by atoms with Gasteiger partial charge in [-0.2, -0.15) is 0 Å². The number of benzene rings is 2. The van der Waals surface area contributed by atoms with Gasteiger partial charge in [0.2, 0.25) is 0 Å². The average molecular weight is 623 g/mol. The summed E-state index contributed by atoms with van der Waals surface area (Å²) in [5, 5.41) is 0. The fraction of sp³-hybridized carbons (Fsp3) is 0.389. The Morgan fingerprint density at radius 3 is 1.82 bits per heavy atom. The van der Waals surface area contributed by atoms with Crippen LogP contribution in [0.5, 0.6) is 11.5 Å². The zero-order valence-electron chi connectivity index (χ0n) is 26.2. The minimum Gasteiger partial charge on any atom is -0.490 e. The molecule has 3 rings (SSSR count). The summed E-state index contributed by atoms with van der Waals surface area (Å²) in [4.78, 5) is 23.6. The number of esters is 2. The van der Waals surface area contributed by atoms with Crippen LogP contribution in [0, 0.1) is 0 Å². The highest BCUT2D eigenvalue weighted by molar-refractivity contribution is 5.88. The van der Waals surface area contributed by atoms with Crippen molar-refractivity contribution in [2.24, 2.45) is 0 Å². The second-order valence-electron chi connectivity index (χ2n) is 10.4. The Morgan fingerprint density at radius 2 is 1.31 bits per heavy atom. The van der Waals surface area contributed by atoms with Gasteiger partial charge in [-0.25, -0.2) is 9.59 Å². The first-order chi connectivity index (χ1) is 21.9. The van der Waals surface area contributed by atoms with Gasteiger partial charge in [0.25, 0.3) is 0 Å². The molecule has 0 aromatic heterocycles. The number of carbonyl (C=O) groups is 2. The smallest absolute Gasteiger partial charge is 0.335 e. The molecule has 0 saturated heterocycles. The molecule has 9 heteroatoms. The van der Waals surface area contributed by atoms with Crippen molar-refractivity contribution in [3.05, 3.63) is 102 Å². The summed E-state index contributed by atoms with van der Waals surface area (Å²) in [5.74, 6) is 0.526. The van der Waals surface area contributed by atoms with Gasteiger partial charge in [-0.15, -0.1) is 0 Å². The van der Waals surface area contributed by atoms with Crippen LogP contribution in [0.4, 0.5) is 4.39 Å². The van der Waals surface area contributed by atoms with Crippen LogP contribution in [0.1, 0.15) is 42.7 Å². The summed E-state index contributed by atoms with van der Waals surface area (Å²) in [6, 6.07) is 15.7. The van der Waals surface area contributed by atoms with Gasteiger partial charge in [-0.1, -0.05) is 55.1 Å². The Kier molecular flexibility index (Phi) is 15.1. The predicted molar refractivity (Wildman–Crippen MR) is 171 cm³/mol. The van der Waals surface area contributed by atoms with Crippen molar-refractivity contribution in [2.45, 2.75) is 31.6 Å². The van der Waals surface area contributed by atoms with Gasteiger partial charge in [0.1, 0.15) is 37.9 Å². The minimum atomic E-state index is -0.502. The molecule has 2 aromatic carbocycles. The quantitative estimate of drug-likeness (QED) is 0.0931. The lowest BCUT2D eigenvalue weighted by molar-refractivity contribution is -0.141. The molecule has 0 heterocycles. The van der Waals surface area contributed by atoms with E-state index in [1.807, 2.05) is 48.5 Å². The van der Waals surface area contributed by atoms with Crippen molar-refractivity contribution < 1.29 is 42.4 Å². The van der Waals surface area contributed by atoms with Crippen LogP contribution in [0.3, 0.4) is 0 Å². The highest BCUT2D eigenvalue weighted by Crippen LogP contribution is 2.39. The van der Waals surface area contributed by atoms with Crippen molar-refractivity contribution in [1.82, 2.24) is 0 Å². The van der Waals surface area contributed by atoms with Crippen molar-refractivity contribution in [2.75, 3.05) is 60.5 Å². The van der Waals surface area contributed by atoms with E-state index in [-0.39, 0.29) is 63.4 Å². The van der Waals surface area contributed by atoms with Gasteiger partial charge in [0, 0.05) is 20.1 Å². The largest absolute Gasteiger partial charge is 0.490 e. The van der Waals surface area contributed by atoms with Gasteiger partial charge in [0.15, 0.2) is 0 Å². The summed E-state index contributed by atoms with van der Waals surface area (Å²) >= 11 is 0.